The Labute approximate surface area is 167 Å². The average molecular weight is 421 g/mol. The van der Waals surface area contributed by atoms with Gasteiger partial charge in [0.25, 0.3) is 21.8 Å². The molecule has 0 saturated carbocycles. The molecule has 1 unspecified atom stereocenters. The van der Waals surface area contributed by atoms with Crippen molar-refractivity contribution in [2.75, 3.05) is 17.9 Å². The fraction of sp³-hybridized carbons (Fsp3) is 0.263. The van der Waals surface area contributed by atoms with Crippen molar-refractivity contribution in [2.24, 2.45) is 0 Å². The van der Waals surface area contributed by atoms with Gasteiger partial charge in [0.1, 0.15) is 0 Å². The molecule has 2 amide bonds. The molecule has 1 fully saturated rings. The van der Waals surface area contributed by atoms with E-state index in [1.165, 1.54) is 42.5 Å². The van der Waals surface area contributed by atoms with Crippen LogP contribution in [0.25, 0.3) is 0 Å². The number of amides is 2. The van der Waals surface area contributed by atoms with Crippen LogP contribution >= 0.6 is 11.6 Å². The van der Waals surface area contributed by atoms with E-state index in [0.29, 0.717) is 11.6 Å². The summed E-state index contributed by atoms with van der Waals surface area (Å²) >= 11 is 5.79. The maximum Gasteiger partial charge on any atom is 0.261 e. The summed E-state index contributed by atoms with van der Waals surface area (Å²) in [6.07, 6.45) is 1.56. The van der Waals surface area contributed by atoms with Crippen LogP contribution in [-0.4, -0.2) is 44.4 Å². The first-order valence-electron chi connectivity index (χ1n) is 8.75. The minimum absolute atomic E-state index is 0.0415. The number of halogens is 1. The lowest BCUT2D eigenvalue weighted by Gasteiger charge is -2.17. The second kappa shape index (κ2) is 7.20. The molecular formula is C19H17ClN2O5S. The van der Waals surface area contributed by atoms with Gasteiger partial charge in [-0.05, 0) is 55.3 Å². The standard InChI is InChI=1S/C19H17ClN2O5S/c20-12-3-6-15(7-4-12)28(25,26)21-13-5-8-16-17(10-13)19(24)22(18(16)23)11-14-2-1-9-27-14/h3-8,10,14,21H,1-2,9,11H2. The van der Waals surface area contributed by atoms with Gasteiger partial charge in [0.05, 0.1) is 28.7 Å². The number of carbonyl (C=O) groups is 2. The van der Waals surface area contributed by atoms with Gasteiger partial charge in [-0.2, -0.15) is 0 Å². The molecule has 1 atom stereocenters. The molecular weight excluding hydrogens is 404 g/mol. The quantitative estimate of drug-likeness (QED) is 0.751. The Morgan fingerprint density at radius 1 is 1.07 bits per heavy atom. The number of hydrogen-bond donors (Lipinski definition) is 1. The van der Waals surface area contributed by atoms with Crippen LogP contribution in [0.3, 0.4) is 0 Å². The van der Waals surface area contributed by atoms with E-state index in [2.05, 4.69) is 4.72 Å². The molecule has 0 radical (unpaired) electrons. The molecule has 146 valence electrons. The second-order valence-corrected chi connectivity index (χ2v) is 8.79. The molecule has 9 heteroatoms. The zero-order valence-corrected chi connectivity index (χ0v) is 16.3. The van der Waals surface area contributed by atoms with E-state index < -0.39 is 15.9 Å². The van der Waals surface area contributed by atoms with E-state index in [-0.39, 0.29) is 40.3 Å². The maximum atomic E-state index is 12.7. The Bertz CT molecular complexity index is 1050. The predicted octanol–water partition coefficient (Wildman–Crippen LogP) is 2.92. The minimum Gasteiger partial charge on any atom is -0.376 e. The number of nitrogens with zero attached hydrogens (tertiary/aromatic N) is 1. The van der Waals surface area contributed by atoms with Crippen LogP contribution < -0.4 is 4.72 Å². The van der Waals surface area contributed by atoms with Gasteiger partial charge in [0, 0.05) is 17.3 Å². The Morgan fingerprint density at radius 3 is 2.46 bits per heavy atom. The number of carbonyl (C=O) groups excluding carboxylic acids is 2. The first-order valence-corrected chi connectivity index (χ1v) is 10.6. The molecule has 2 aromatic rings. The number of rotatable bonds is 5. The number of hydrogen-bond acceptors (Lipinski definition) is 5. The zero-order chi connectivity index (χ0) is 19.9. The molecule has 7 nitrogen and oxygen atoms in total. The molecule has 0 spiro atoms. The molecule has 4 rings (SSSR count). The molecule has 0 aliphatic carbocycles. The summed E-state index contributed by atoms with van der Waals surface area (Å²) in [6.45, 7) is 0.836. The third kappa shape index (κ3) is 3.50. The Morgan fingerprint density at radius 2 is 1.79 bits per heavy atom. The summed E-state index contributed by atoms with van der Waals surface area (Å²) < 4.78 is 33.0. The fourth-order valence-corrected chi connectivity index (χ4v) is 4.52. The number of anilines is 1. The van der Waals surface area contributed by atoms with Crippen LogP contribution in [0, 0.1) is 0 Å². The molecule has 2 aliphatic rings. The topological polar surface area (TPSA) is 92.8 Å². The Kier molecular flexibility index (Phi) is 4.86. The van der Waals surface area contributed by atoms with Crippen molar-refractivity contribution in [3.05, 3.63) is 58.6 Å². The van der Waals surface area contributed by atoms with Gasteiger partial charge < -0.3 is 4.74 Å². The normalized spacial score (nSPS) is 19.2. The van der Waals surface area contributed by atoms with Crippen molar-refractivity contribution in [1.29, 1.82) is 0 Å². The van der Waals surface area contributed by atoms with Gasteiger partial charge in [-0.1, -0.05) is 11.6 Å². The first-order chi connectivity index (χ1) is 13.3. The highest BCUT2D eigenvalue weighted by Gasteiger charge is 2.37. The molecule has 1 N–H and O–H groups in total. The van der Waals surface area contributed by atoms with Crippen molar-refractivity contribution in [3.8, 4) is 0 Å². The number of ether oxygens (including phenoxy) is 1. The molecule has 2 heterocycles. The summed E-state index contributed by atoms with van der Waals surface area (Å²) in [5.41, 5.74) is 0.644. The van der Waals surface area contributed by atoms with E-state index in [1.54, 1.807) is 0 Å². The highest BCUT2D eigenvalue weighted by molar-refractivity contribution is 7.92. The highest BCUT2D eigenvalue weighted by atomic mass is 35.5. The Balaban J connectivity index is 1.57. The van der Waals surface area contributed by atoms with Gasteiger partial charge in [0.2, 0.25) is 0 Å². The number of imide groups is 1. The van der Waals surface area contributed by atoms with Gasteiger partial charge in [0.15, 0.2) is 0 Å². The predicted molar refractivity (Wildman–Crippen MR) is 103 cm³/mol. The summed E-state index contributed by atoms with van der Waals surface area (Å²) in [7, 11) is -3.85. The van der Waals surface area contributed by atoms with Gasteiger partial charge in [-0.25, -0.2) is 8.42 Å². The van der Waals surface area contributed by atoms with Crippen LogP contribution in [0.2, 0.25) is 5.02 Å². The third-order valence-corrected chi connectivity index (χ3v) is 6.41. The third-order valence-electron chi connectivity index (χ3n) is 4.76. The number of nitrogens with one attached hydrogen (secondary N) is 1. The monoisotopic (exact) mass is 420 g/mol. The van der Waals surface area contributed by atoms with E-state index in [4.69, 9.17) is 16.3 Å². The van der Waals surface area contributed by atoms with Crippen molar-refractivity contribution in [3.63, 3.8) is 0 Å². The van der Waals surface area contributed by atoms with Crippen molar-refractivity contribution < 1.29 is 22.7 Å². The van der Waals surface area contributed by atoms with E-state index in [0.717, 1.165) is 17.7 Å². The van der Waals surface area contributed by atoms with Crippen molar-refractivity contribution in [2.45, 2.75) is 23.8 Å². The van der Waals surface area contributed by atoms with E-state index in [9.17, 15) is 18.0 Å². The molecule has 1 saturated heterocycles. The van der Waals surface area contributed by atoms with Crippen LogP contribution in [0.15, 0.2) is 47.4 Å². The highest BCUT2D eigenvalue weighted by Crippen LogP contribution is 2.28. The maximum absolute atomic E-state index is 12.7. The smallest absolute Gasteiger partial charge is 0.261 e. The molecule has 2 aliphatic heterocycles. The van der Waals surface area contributed by atoms with Gasteiger partial charge in [-0.3, -0.25) is 19.2 Å². The lowest BCUT2D eigenvalue weighted by molar-refractivity contribution is 0.0475. The van der Waals surface area contributed by atoms with Crippen molar-refractivity contribution >= 4 is 39.1 Å². The SMILES string of the molecule is O=C1c2ccc(NS(=O)(=O)c3ccc(Cl)cc3)cc2C(=O)N1CC1CCCO1. The second-order valence-electron chi connectivity index (χ2n) is 6.68. The number of fused-ring (bicyclic) bond motifs is 1. The molecule has 2 aromatic carbocycles. The summed E-state index contributed by atoms with van der Waals surface area (Å²) in [4.78, 5) is 26.4. The van der Waals surface area contributed by atoms with Crippen LogP contribution in [0.5, 0.6) is 0 Å². The van der Waals surface area contributed by atoms with E-state index in [1.807, 2.05) is 0 Å². The van der Waals surface area contributed by atoms with Crippen LogP contribution in [-0.2, 0) is 14.8 Å². The van der Waals surface area contributed by atoms with Crippen LogP contribution in [0.4, 0.5) is 5.69 Å². The largest absolute Gasteiger partial charge is 0.376 e. The van der Waals surface area contributed by atoms with Crippen LogP contribution in [0.1, 0.15) is 33.6 Å². The lowest BCUT2D eigenvalue weighted by Crippen LogP contribution is -2.36. The summed E-state index contributed by atoms with van der Waals surface area (Å²) in [5.74, 6) is -0.828. The average Bonchev–Trinajstić information content (AvgIpc) is 3.25. The Hall–Kier alpha value is -2.42. The first kappa shape index (κ1) is 18.9. The van der Waals surface area contributed by atoms with Crippen molar-refractivity contribution in [1.82, 2.24) is 4.90 Å². The van der Waals surface area contributed by atoms with E-state index >= 15 is 0 Å². The number of benzene rings is 2. The molecule has 0 aromatic heterocycles. The summed E-state index contributed by atoms with van der Waals surface area (Å²) in [5, 5.41) is 0.423. The fourth-order valence-electron chi connectivity index (χ4n) is 3.34. The van der Waals surface area contributed by atoms with Gasteiger partial charge >= 0.3 is 0 Å². The lowest BCUT2D eigenvalue weighted by atomic mass is 10.1. The summed E-state index contributed by atoms with van der Waals surface area (Å²) in [6, 6.07) is 10.0. The van der Waals surface area contributed by atoms with Gasteiger partial charge in [-0.15, -0.1) is 0 Å². The zero-order valence-electron chi connectivity index (χ0n) is 14.7. The number of sulfonamides is 1. The minimum atomic E-state index is -3.85. The molecule has 0 bridgehead atoms. The molecule has 28 heavy (non-hydrogen) atoms.